The van der Waals surface area contributed by atoms with E-state index in [1.54, 1.807) is 48.5 Å². The maximum atomic E-state index is 12.8. The van der Waals surface area contributed by atoms with Gasteiger partial charge in [0.05, 0.1) is 20.4 Å². The van der Waals surface area contributed by atoms with Crippen molar-refractivity contribution in [1.82, 2.24) is 10.7 Å². The molecule has 8 heteroatoms. The van der Waals surface area contributed by atoms with E-state index >= 15 is 0 Å². The number of benzene rings is 3. The number of rotatable bonds is 8. The van der Waals surface area contributed by atoms with E-state index in [1.807, 2.05) is 18.2 Å². The Balaban J connectivity index is 1.80. The highest BCUT2D eigenvalue weighted by atomic mass is 16.5. The Bertz CT molecular complexity index is 1150. The summed E-state index contributed by atoms with van der Waals surface area (Å²) in [5, 5.41) is 16.6. The van der Waals surface area contributed by atoms with E-state index < -0.39 is 11.8 Å². The Morgan fingerprint density at radius 2 is 1.45 bits per heavy atom. The number of phenols is 1. The second kappa shape index (κ2) is 11.1. The molecule has 0 saturated heterocycles. The van der Waals surface area contributed by atoms with E-state index in [-0.39, 0.29) is 22.9 Å². The van der Waals surface area contributed by atoms with E-state index in [0.29, 0.717) is 11.1 Å². The molecule has 168 valence electrons. The Labute approximate surface area is 191 Å². The van der Waals surface area contributed by atoms with Gasteiger partial charge in [-0.05, 0) is 35.9 Å². The van der Waals surface area contributed by atoms with Crippen LogP contribution in [-0.4, -0.2) is 37.4 Å². The van der Waals surface area contributed by atoms with Crippen LogP contribution in [0.5, 0.6) is 17.2 Å². The van der Waals surface area contributed by atoms with Gasteiger partial charge in [-0.15, -0.1) is 0 Å². The van der Waals surface area contributed by atoms with Gasteiger partial charge in [0, 0.05) is 11.1 Å². The lowest BCUT2D eigenvalue weighted by atomic mass is 10.1. The third-order valence-corrected chi connectivity index (χ3v) is 4.52. The first-order valence-electron chi connectivity index (χ1n) is 9.93. The summed E-state index contributed by atoms with van der Waals surface area (Å²) in [4.78, 5) is 25.4. The molecule has 0 aliphatic carbocycles. The van der Waals surface area contributed by atoms with Crippen molar-refractivity contribution in [2.45, 2.75) is 0 Å². The minimum absolute atomic E-state index is 0.0214. The maximum Gasteiger partial charge on any atom is 0.287 e. The van der Waals surface area contributed by atoms with Crippen LogP contribution in [0.2, 0.25) is 0 Å². The maximum absolute atomic E-state index is 12.8. The van der Waals surface area contributed by atoms with Crippen molar-refractivity contribution in [3.63, 3.8) is 0 Å². The van der Waals surface area contributed by atoms with Crippen molar-refractivity contribution < 1.29 is 24.2 Å². The first kappa shape index (κ1) is 23.1. The Morgan fingerprint density at radius 1 is 0.879 bits per heavy atom. The van der Waals surface area contributed by atoms with Crippen LogP contribution >= 0.6 is 0 Å². The standard InChI is InChI=1S/C25H23N3O5/c1-32-21-14-18(15-22(33-2)23(21)29)16-26-28-25(31)20(13-17-9-5-3-6-10-17)27-24(30)19-11-7-4-8-12-19/h3-16,29H,1-2H3,(H,27,30)(H,28,31)/b20-13-,26-16+. The molecule has 8 nitrogen and oxygen atoms in total. The van der Waals surface area contributed by atoms with Gasteiger partial charge < -0.3 is 19.9 Å². The predicted octanol–water partition coefficient (Wildman–Crippen LogP) is 3.33. The highest BCUT2D eigenvalue weighted by Gasteiger charge is 2.14. The van der Waals surface area contributed by atoms with E-state index in [9.17, 15) is 14.7 Å². The Kier molecular flexibility index (Phi) is 7.80. The second-order valence-corrected chi connectivity index (χ2v) is 6.76. The van der Waals surface area contributed by atoms with Crippen LogP contribution in [0.1, 0.15) is 21.5 Å². The van der Waals surface area contributed by atoms with Crippen molar-refractivity contribution >= 4 is 24.1 Å². The van der Waals surface area contributed by atoms with Crippen LogP contribution in [0.4, 0.5) is 0 Å². The monoisotopic (exact) mass is 445 g/mol. The molecular weight excluding hydrogens is 422 g/mol. The average Bonchev–Trinajstić information content (AvgIpc) is 2.85. The molecule has 0 bridgehead atoms. The van der Waals surface area contributed by atoms with E-state index in [2.05, 4.69) is 15.8 Å². The van der Waals surface area contributed by atoms with Gasteiger partial charge in [-0.25, -0.2) is 5.43 Å². The zero-order valence-corrected chi connectivity index (χ0v) is 18.1. The molecule has 0 unspecified atom stereocenters. The number of nitrogens with zero attached hydrogens (tertiary/aromatic N) is 1. The topological polar surface area (TPSA) is 109 Å². The van der Waals surface area contributed by atoms with E-state index in [1.165, 1.54) is 32.6 Å². The lowest BCUT2D eigenvalue weighted by molar-refractivity contribution is -0.117. The van der Waals surface area contributed by atoms with E-state index in [0.717, 1.165) is 5.56 Å². The number of methoxy groups -OCH3 is 2. The molecule has 0 aliphatic heterocycles. The average molecular weight is 445 g/mol. The lowest BCUT2D eigenvalue weighted by Gasteiger charge is -2.10. The molecule has 0 aromatic heterocycles. The summed E-state index contributed by atoms with van der Waals surface area (Å²) in [6, 6.07) is 20.7. The first-order chi connectivity index (χ1) is 16.0. The molecule has 0 atom stereocenters. The molecule has 0 radical (unpaired) electrons. The quantitative estimate of drug-likeness (QED) is 0.280. The number of carbonyl (C=O) groups excluding carboxylic acids is 2. The number of ether oxygens (including phenoxy) is 2. The molecule has 3 rings (SSSR count). The van der Waals surface area contributed by atoms with Crippen LogP contribution in [0.15, 0.2) is 83.6 Å². The first-order valence-corrected chi connectivity index (χ1v) is 9.93. The van der Waals surface area contributed by atoms with Crippen molar-refractivity contribution in [3.8, 4) is 17.2 Å². The molecular formula is C25H23N3O5. The fourth-order valence-corrected chi connectivity index (χ4v) is 2.87. The van der Waals surface area contributed by atoms with Gasteiger partial charge in [-0.3, -0.25) is 9.59 Å². The number of phenolic OH excluding ortho intramolecular Hbond substituents is 1. The molecule has 0 fully saturated rings. The minimum Gasteiger partial charge on any atom is -0.502 e. The van der Waals surface area contributed by atoms with E-state index in [4.69, 9.17) is 9.47 Å². The van der Waals surface area contributed by atoms with Crippen LogP contribution in [0.3, 0.4) is 0 Å². The third kappa shape index (κ3) is 6.20. The molecule has 0 spiro atoms. The van der Waals surface area contributed by atoms with Gasteiger partial charge in [0.1, 0.15) is 5.70 Å². The number of carbonyl (C=O) groups is 2. The zero-order chi connectivity index (χ0) is 23.6. The summed E-state index contributed by atoms with van der Waals surface area (Å²) >= 11 is 0. The van der Waals surface area contributed by atoms with Crippen molar-refractivity contribution in [2.75, 3.05) is 14.2 Å². The molecule has 33 heavy (non-hydrogen) atoms. The zero-order valence-electron chi connectivity index (χ0n) is 18.1. The van der Waals surface area contributed by atoms with Crippen LogP contribution in [0, 0.1) is 0 Å². The lowest BCUT2D eigenvalue weighted by Crippen LogP contribution is -2.32. The fraction of sp³-hybridized carbons (Fsp3) is 0.0800. The third-order valence-electron chi connectivity index (χ3n) is 4.52. The number of aromatic hydroxyl groups is 1. The molecule has 3 N–H and O–H groups in total. The summed E-state index contributed by atoms with van der Waals surface area (Å²) in [5.41, 5.74) is 4.08. The number of nitrogens with one attached hydrogen (secondary N) is 2. The van der Waals surface area contributed by atoms with Crippen LogP contribution < -0.4 is 20.2 Å². The minimum atomic E-state index is -0.614. The largest absolute Gasteiger partial charge is 0.502 e. The van der Waals surface area contributed by atoms with Gasteiger partial charge >= 0.3 is 0 Å². The summed E-state index contributed by atoms with van der Waals surface area (Å²) in [7, 11) is 2.82. The van der Waals surface area contributed by atoms with Gasteiger partial charge in [0.15, 0.2) is 11.5 Å². The summed E-state index contributed by atoms with van der Waals surface area (Å²) < 4.78 is 10.2. The molecule has 0 aliphatic rings. The Morgan fingerprint density at radius 3 is 2.03 bits per heavy atom. The predicted molar refractivity (Wildman–Crippen MR) is 125 cm³/mol. The van der Waals surface area contributed by atoms with Crippen molar-refractivity contribution in [1.29, 1.82) is 0 Å². The number of amides is 2. The number of hydrogen-bond donors (Lipinski definition) is 3. The van der Waals surface area contributed by atoms with Crippen molar-refractivity contribution in [3.05, 3.63) is 95.2 Å². The van der Waals surface area contributed by atoms with Crippen LogP contribution in [-0.2, 0) is 4.79 Å². The summed E-state index contributed by atoms with van der Waals surface area (Å²) in [5.74, 6) is -0.788. The molecule has 3 aromatic rings. The molecule has 3 aromatic carbocycles. The van der Waals surface area contributed by atoms with Gasteiger partial charge in [0.2, 0.25) is 5.75 Å². The summed E-state index contributed by atoms with van der Waals surface area (Å²) in [6.45, 7) is 0. The SMILES string of the molecule is COc1cc(/C=N/NC(=O)/C(=C/c2ccccc2)NC(=O)c2ccccc2)cc(OC)c1O. The second-order valence-electron chi connectivity index (χ2n) is 6.76. The van der Waals surface area contributed by atoms with Crippen LogP contribution in [0.25, 0.3) is 6.08 Å². The number of hydrazone groups is 1. The Hall–Kier alpha value is -4.59. The van der Waals surface area contributed by atoms with Crippen molar-refractivity contribution in [2.24, 2.45) is 5.10 Å². The summed E-state index contributed by atoms with van der Waals surface area (Å²) in [6.07, 6.45) is 2.92. The smallest absolute Gasteiger partial charge is 0.287 e. The highest BCUT2D eigenvalue weighted by Crippen LogP contribution is 2.36. The molecule has 2 amide bonds. The fourth-order valence-electron chi connectivity index (χ4n) is 2.87. The molecule has 0 heterocycles. The number of hydrogen-bond acceptors (Lipinski definition) is 6. The van der Waals surface area contributed by atoms with Gasteiger partial charge in [-0.1, -0.05) is 48.5 Å². The normalized spacial score (nSPS) is 11.2. The molecule has 0 saturated carbocycles. The van der Waals surface area contributed by atoms with Gasteiger partial charge in [0.25, 0.3) is 11.8 Å². The highest BCUT2D eigenvalue weighted by molar-refractivity contribution is 6.05. The van der Waals surface area contributed by atoms with Gasteiger partial charge in [-0.2, -0.15) is 5.10 Å².